The highest BCUT2D eigenvalue weighted by Gasteiger charge is 2.03. The molecule has 3 nitrogen and oxygen atoms in total. The highest BCUT2D eigenvalue weighted by Crippen LogP contribution is 2.22. The standard InChI is InChI=1S/C10H11N3S/c1-2-5-12-10-13-9(7-14-10)8-4-3-6-11-8/h2-4,6-7,11H,1,5H2,(H,12,13). The van der Waals surface area contributed by atoms with Gasteiger partial charge in [0.25, 0.3) is 0 Å². The fourth-order valence-corrected chi connectivity index (χ4v) is 1.85. The third-order valence-electron chi connectivity index (χ3n) is 1.78. The van der Waals surface area contributed by atoms with Gasteiger partial charge in [-0.1, -0.05) is 6.08 Å². The van der Waals surface area contributed by atoms with Crippen LogP contribution in [0.1, 0.15) is 0 Å². The van der Waals surface area contributed by atoms with Gasteiger partial charge in [0, 0.05) is 18.1 Å². The largest absolute Gasteiger partial charge is 0.360 e. The van der Waals surface area contributed by atoms with Crippen LogP contribution in [0.5, 0.6) is 0 Å². The zero-order valence-electron chi connectivity index (χ0n) is 7.66. The van der Waals surface area contributed by atoms with E-state index >= 15 is 0 Å². The van der Waals surface area contributed by atoms with Crippen LogP contribution >= 0.6 is 11.3 Å². The zero-order valence-corrected chi connectivity index (χ0v) is 8.47. The van der Waals surface area contributed by atoms with Gasteiger partial charge in [0.2, 0.25) is 0 Å². The van der Waals surface area contributed by atoms with Crippen molar-refractivity contribution in [1.29, 1.82) is 0 Å². The Morgan fingerprint density at radius 2 is 2.57 bits per heavy atom. The molecule has 4 heteroatoms. The Labute approximate surface area is 86.5 Å². The first-order chi connectivity index (χ1) is 6.90. The summed E-state index contributed by atoms with van der Waals surface area (Å²) in [7, 11) is 0. The van der Waals surface area contributed by atoms with Gasteiger partial charge in [-0.15, -0.1) is 17.9 Å². The van der Waals surface area contributed by atoms with Crippen molar-refractivity contribution < 1.29 is 0 Å². The van der Waals surface area contributed by atoms with Crippen LogP contribution in [0, 0.1) is 0 Å². The summed E-state index contributed by atoms with van der Waals surface area (Å²) in [6.45, 7) is 4.39. The van der Waals surface area contributed by atoms with Gasteiger partial charge in [0.15, 0.2) is 5.13 Å². The molecule has 2 aromatic rings. The summed E-state index contributed by atoms with van der Waals surface area (Å²) in [6, 6.07) is 3.97. The van der Waals surface area contributed by atoms with Gasteiger partial charge < -0.3 is 10.3 Å². The first kappa shape index (κ1) is 9.02. The second-order valence-corrected chi connectivity index (χ2v) is 3.65. The molecule has 14 heavy (non-hydrogen) atoms. The fraction of sp³-hybridized carbons (Fsp3) is 0.100. The molecule has 0 bridgehead atoms. The minimum atomic E-state index is 0.748. The first-order valence-corrected chi connectivity index (χ1v) is 5.22. The van der Waals surface area contributed by atoms with Crippen molar-refractivity contribution >= 4 is 16.5 Å². The fourth-order valence-electron chi connectivity index (χ4n) is 1.13. The molecule has 0 aliphatic rings. The molecule has 0 fully saturated rings. The van der Waals surface area contributed by atoms with Gasteiger partial charge in [0.05, 0.1) is 11.4 Å². The highest BCUT2D eigenvalue weighted by molar-refractivity contribution is 7.14. The van der Waals surface area contributed by atoms with Crippen molar-refractivity contribution in [3.05, 3.63) is 36.4 Å². The maximum absolute atomic E-state index is 4.42. The van der Waals surface area contributed by atoms with E-state index in [1.807, 2.05) is 29.8 Å². The van der Waals surface area contributed by atoms with Crippen LogP contribution in [0.2, 0.25) is 0 Å². The van der Waals surface area contributed by atoms with E-state index in [9.17, 15) is 0 Å². The Hall–Kier alpha value is -1.55. The molecule has 0 saturated heterocycles. The lowest BCUT2D eigenvalue weighted by Gasteiger charge is -1.94. The number of nitrogens with one attached hydrogen (secondary N) is 2. The Morgan fingerprint density at radius 3 is 3.29 bits per heavy atom. The summed E-state index contributed by atoms with van der Waals surface area (Å²) >= 11 is 1.60. The molecule has 2 rings (SSSR count). The number of anilines is 1. The number of nitrogens with zero attached hydrogens (tertiary/aromatic N) is 1. The molecule has 0 radical (unpaired) electrons. The molecule has 0 aromatic carbocycles. The van der Waals surface area contributed by atoms with Gasteiger partial charge in [0.1, 0.15) is 0 Å². The third kappa shape index (κ3) is 1.85. The van der Waals surface area contributed by atoms with E-state index in [1.54, 1.807) is 11.3 Å². The molecule has 0 spiro atoms. The quantitative estimate of drug-likeness (QED) is 0.753. The van der Waals surface area contributed by atoms with E-state index in [0.29, 0.717) is 0 Å². The van der Waals surface area contributed by atoms with Crippen molar-refractivity contribution in [3.63, 3.8) is 0 Å². The average Bonchev–Trinajstić information content (AvgIpc) is 2.85. The van der Waals surface area contributed by atoms with E-state index in [4.69, 9.17) is 0 Å². The van der Waals surface area contributed by atoms with Gasteiger partial charge >= 0.3 is 0 Å². The SMILES string of the molecule is C=CCNc1nc(-c2ccc[nH]2)cs1. The van der Waals surface area contributed by atoms with E-state index < -0.39 is 0 Å². The topological polar surface area (TPSA) is 40.7 Å². The van der Waals surface area contributed by atoms with Crippen molar-refractivity contribution in [2.24, 2.45) is 0 Å². The molecule has 0 saturated carbocycles. The molecule has 0 amide bonds. The molecule has 0 unspecified atom stereocenters. The van der Waals surface area contributed by atoms with Crippen LogP contribution in [0.3, 0.4) is 0 Å². The molecule has 0 atom stereocenters. The van der Waals surface area contributed by atoms with Crippen LogP contribution in [0.15, 0.2) is 36.4 Å². The lowest BCUT2D eigenvalue weighted by molar-refractivity contribution is 1.27. The van der Waals surface area contributed by atoms with Gasteiger partial charge in [-0.3, -0.25) is 0 Å². The van der Waals surface area contributed by atoms with E-state index in [1.165, 1.54) is 0 Å². The van der Waals surface area contributed by atoms with Crippen molar-refractivity contribution in [2.75, 3.05) is 11.9 Å². The molecular formula is C10H11N3S. The number of aromatic nitrogens is 2. The van der Waals surface area contributed by atoms with E-state index in [2.05, 4.69) is 21.9 Å². The van der Waals surface area contributed by atoms with Gasteiger partial charge in [-0.25, -0.2) is 4.98 Å². The Kier molecular flexibility index (Phi) is 2.65. The van der Waals surface area contributed by atoms with Crippen LogP contribution in [0.4, 0.5) is 5.13 Å². The summed E-state index contributed by atoms with van der Waals surface area (Å²) < 4.78 is 0. The number of hydrogen-bond donors (Lipinski definition) is 2. The number of hydrogen-bond acceptors (Lipinski definition) is 3. The van der Waals surface area contributed by atoms with Crippen LogP contribution in [-0.4, -0.2) is 16.5 Å². The predicted octanol–water partition coefficient (Wildman–Crippen LogP) is 2.74. The monoisotopic (exact) mass is 205 g/mol. The third-order valence-corrected chi connectivity index (χ3v) is 2.58. The number of aromatic amines is 1. The summed E-state index contributed by atoms with van der Waals surface area (Å²) in [4.78, 5) is 7.54. The van der Waals surface area contributed by atoms with Crippen molar-refractivity contribution in [3.8, 4) is 11.4 Å². The maximum Gasteiger partial charge on any atom is 0.183 e. The predicted molar refractivity (Wildman–Crippen MR) is 60.6 cm³/mol. The van der Waals surface area contributed by atoms with Crippen molar-refractivity contribution in [1.82, 2.24) is 9.97 Å². The van der Waals surface area contributed by atoms with Crippen LogP contribution < -0.4 is 5.32 Å². The summed E-state index contributed by atoms with van der Waals surface area (Å²) in [5, 5.41) is 6.10. The molecular weight excluding hydrogens is 194 g/mol. The van der Waals surface area contributed by atoms with Crippen molar-refractivity contribution in [2.45, 2.75) is 0 Å². The minimum Gasteiger partial charge on any atom is -0.360 e. The summed E-state index contributed by atoms with van der Waals surface area (Å²) in [6.07, 6.45) is 3.71. The Balaban J connectivity index is 2.14. The summed E-state index contributed by atoms with van der Waals surface area (Å²) in [5.74, 6) is 0. The number of thiazole rings is 1. The van der Waals surface area contributed by atoms with Crippen LogP contribution in [0.25, 0.3) is 11.4 Å². The smallest absolute Gasteiger partial charge is 0.183 e. The highest BCUT2D eigenvalue weighted by atomic mass is 32.1. The van der Waals surface area contributed by atoms with E-state index in [-0.39, 0.29) is 0 Å². The number of H-pyrrole nitrogens is 1. The number of rotatable bonds is 4. The lowest BCUT2D eigenvalue weighted by atomic mass is 10.3. The molecule has 72 valence electrons. The van der Waals surface area contributed by atoms with E-state index in [0.717, 1.165) is 23.1 Å². The lowest BCUT2D eigenvalue weighted by Crippen LogP contribution is -1.96. The Morgan fingerprint density at radius 1 is 1.64 bits per heavy atom. The summed E-state index contributed by atoms with van der Waals surface area (Å²) in [5.41, 5.74) is 2.03. The maximum atomic E-state index is 4.42. The second kappa shape index (κ2) is 4.11. The van der Waals surface area contributed by atoms with Crippen LogP contribution in [-0.2, 0) is 0 Å². The average molecular weight is 205 g/mol. The molecule has 2 aromatic heterocycles. The Bertz CT molecular complexity index is 403. The molecule has 0 aliphatic carbocycles. The molecule has 0 aliphatic heterocycles. The molecule has 2 N–H and O–H groups in total. The normalized spacial score (nSPS) is 10.0. The van der Waals surface area contributed by atoms with Gasteiger partial charge in [-0.2, -0.15) is 0 Å². The van der Waals surface area contributed by atoms with Gasteiger partial charge in [-0.05, 0) is 12.1 Å². The first-order valence-electron chi connectivity index (χ1n) is 4.34. The second-order valence-electron chi connectivity index (χ2n) is 2.79. The zero-order chi connectivity index (χ0) is 9.80. The molecule has 2 heterocycles. The minimum absolute atomic E-state index is 0.748.